The fraction of sp³-hybridized carbons (Fsp3) is 0.917. The van der Waals surface area contributed by atoms with Crippen molar-refractivity contribution in [2.45, 2.75) is 52.1 Å². The Kier molecular flexibility index (Phi) is 6.60. The zero-order valence-corrected chi connectivity index (χ0v) is 11.3. The fourth-order valence-electron chi connectivity index (χ4n) is 1.26. The van der Waals surface area contributed by atoms with E-state index < -0.39 is 0 Å². The molecule has 0 aliphatic rings. The summed E-state index contributed by atoms with van der Waals surface area (Å²) in [4.78, 5) is 14.0. The number of nitrogens with two attached hydrogens (primary N) is 1. The van der Waals surface area contributed by atoms with Crippen LogP contribution in [0.15, 0.2) is 0 Å². The lowest BCUT2D eigenvalue weighted by Crippen LogP contribution is -2.51. The maximum absolute atomic E-state index is 11.9. The van der Waals surface area contributed by atoms with E-state index in [9.17, 15) is 4.79 Å². The SMILES string of the molecule is CCC(C)(C)NC(=O)C(C)N(C)CCCN. The van der Waals surface area contributed by atoms with Crippen LogP contribution in [0.25, 0.3) is 0 Å². The first-order valence-corrected chi connectivity index (χ1v) is 6.06. The summed E-state index contributed by atoms with van der Waals surface area (Å²) in [5.74, 6) is 0.0892. The van der Waals surface area contributed by atoms with Crippen LogP contribution < -0.4 is 11.1 Å². The number of amides is 1. The first kappa shape index (κ1) is 15.4. The molecule has 0 spiro atoms. The Balaban J connectivity index is 4.17. The highest BCUT2D eigenvalue weighted by Gasteiger charge is 2.23. The molecule has 0 aliphatic heterocycles. The Hall–Kier alpha value is -0.610. The summed E-state index contributed by atoms with van der Waals surface area (Å²) >= 11 is 0. The van der Waals surface area contributed by atoms with Crippen molar-refractivity contribution in [3.05, 3.63) is 0 Å². The largest absolute Gasteiger partial charge is 0.350 e. The van der Waals surface area contributed by atoms with Gasteiger partial charge in [-0.2, -0.15) is 0 Å². The van der Waals surface area contributed by atoms with Gasteiger partial charge in [-0.25, -0.2) is 0 Å². The standard InChI is InChI=1S/C12H27N3O/c1-6-12(3,4)14-11(16)10(2)15(5)9-7-8-13/h10H,6-9,13H2,1-5H3,(H,14,16). The summed E-state index contributed by atoms with van der Waals surface area (Å²) in [7, 11) is 1.96. The average Bonchev–Trinajstić information content (AvgIpc) is 2.24. The molecule has 96 valence electrons. The molecular formula is C12H27N3O. The highest BCUT2D eigenvalue weighted by molar-refractivity contribution is 5.81. The van der Waals surface area contributed by atoms with Crippen LogP contribution in [0.2, 0.25) is 0 Å². The fourth-order valence-corrected chi connectivity index (χ4v) is 1.26. The number of nitrogens with one attached hydrogen (secondary N) is 1. The lowest BCUT2D eigenvalue weighted by Gasteiger charge is -2.30. The number of likely N-dealkylation sites (N-methyl/N-ethyl adjacent to an activating group) is 1. The summed E-state index contributed by atoms with van der Waals surface area (Å²) in [6.07, 6.45) is 1.85. The van der Waals surface area contributed by atoms with E-state index >= 15 is 0 Å². The lowest BCUT2D eigenvalue weighted by molar-refractivity contribution is -0.127. The summed E-state index contributed by atoms with van der Waals surface area (Å²) in [6.45, 7) is 9.60. The third-order valence-electron chi connectivity index (χ3n) is 3.10. The van der Waals surface area contributed by atoms with Gasteiger partial charge in [-0.05, 0) is 53.8 Å². The summed E-state index contributed by atoms with van der Waals surface area (Å²) in [5, 5.41) is 3.05. The molecule has 0 aromatic rings. The van der Waals surface area contributed by atoms with Gasteiger partial charge in [-0.1, -0.05) is 6.92 Å². The molecule has 0 heterocycles. The van der Waals surface area contributed by atoms with Gasteiger partial charge in [0.15, 0.2) is 0 Å². The molecule has 0 aromatic carbocycles. The molecule has 4 heteroatoms. The molecule has 3 N–H and O–H groups in total. The molecule has 0 rings (SSSR count). The number of hydrogen-bond acceptors (Lipinski definition) is 3. The van der Waals surface area contributed by atoms with E-state index in [-0.39, 0.29) is 17.5 Å². The first-order valence-electron chi connectivity index (χ1n) is 6.06. The maximum atomic E-state index is 11.9. The predicted molar refractivity (Wildman–Crippen MR) is 68.3 cm³/mol. The molecule has 4 nitrogen and oxygen atoms in total. The van der Waals surface area contributed by atoms with Gasteiger partial charge in [0.05, 0.1) is 6.04 Å². The second-order valence-electron chi connectivity index (χ2n) is 5.03. The van der Waals surface area contributed by atoms with Crippen molar-refractivity contribution in [3.8, 4) is 0 Å². The third-order valence-corrected chi connectivity index (χ3v) is 3.10. The van der Waals surface area contributed by atoms with Crippen LogP contribution in [0.1, 0.15) is 40.5 Å². The number of rotatable bonds is 7. The van der Waals surface area contributed by atoms with Crippen molar-refractivity contribution in [2.24, 2.45) is 5.73 Å². The molecule has 0 saturated heterocycles. The van der Waals surface area contributed by atoms with Crippen molar-refractivity contribution in [1.82, 2.24) is 10.2 Å². The molecule has 16 heavy (non-hydrogen) atoms. The van der Waals surface area contributed by atoms with Gasteiger partial charge in [0.1, 0.15) is 0 Å². The van der Waals surface area contributed by atoms with Crippen LogP contribution in [-0.4, -0.2) is 42.5 Å². The maximum Gasteiger partial charge on any atom is 0.237 e. The van der Waals surface area contributed by atoms with Crippen LogP contribution >= 0.6 is 0 Å². The summed E-state index contributed by atoms with van der Waals surface area (Å²) < 4.78 is 0. The van der Waals surface area contributed by atoms with Gasteiger partial charge in [-0.15, -0.1) is 0 Å². The Morgan fingerprint density at radius 1 is 1.50 bits per heavy atom. The molecule has 0 radical (unpaired) electrons. The van der Waals surface area contributed by atoms with E-state index in [0.29, 0.717) is 6.54 Å². The van der Waals surface area contributed by atoms with Crippen molar-refractivity contribution >= 4 is 5.91 Å². The van der Waals surface area contributed by atoms with Crippen LogP contribution in [0, 0.1) is 0 Å². The van der Waals surface area contributed by atoms with Gasteiger partial charge < -0.3 is 11.1 Å². The Labute approximate surface area is 99.6 Å². The topological polar surface area (TPSA) is 58.4 Å². The Morgan fingerprint density at radius 3 is 2.50 bits per heavy atom. The zero-order chi connectivity index (χ0) is 12.8. The zero-order valence-electron chi connectivity index (χ0n) is 11.3. The van der Waals surface area contributed by atoms with E-state index in [1.165, 1.54) is 0 Å². The van der Waals surface area contributed by atoms with E-state index in [1.807, 2.05) is 32.7 Å². The molecule has 0 aromatic heterocycles. The first-order chi connectivity index (χ1) is 7.34. The van der Waals surface area contributed by atoms with Crippen LogP contribution in [0.5, 0.6) is 0 Å². The van der Waals surface area contributed by atoms with E-state index in [1.54, 1.807) is 0 Å². The van der Waals surface area contributed by atoms with Crippen molar-refractivity contribution in [2.75, 3.05) is 20.1 Å². The van der Waals surface area contributed by atoms with Gasteiger partial charge in [0.25, 0.3) is 0 Å². The van der Waals surface area contributed by atoms with Gasteiger partial charge in [0, 0.05) is 5.54 Å². The van der Waals surface area contributed by atoms with Crippen LogP contribution in [0.4, 0.5) is 0 Å². The van der Waals surface area contributed by atoms with Crippen LogP contribution in [0.3, 0.4) is 0 Å². The second-order valence-corrected chi connectivity index (χ2v) is 5.03. The minimum atomic E-state index is -0.125. The molecule has 0 fully saturated rings. The molecule has 0 saturated carbocycles. The number of hydrogen-bond donors (Lipinski definition) is 2. The van der Waals surface area contributed by atoms with Crippen LogP contribution in [-0.2, 0) is 4.79 Å². The van der Waals surface area contributed by atoms with E-state index in [0.717, 1.165) is 19.4 Å². The summed E-state index contributed by atoms with van der Waals surface area (Å²) in [5.41, 5.74) is 5.32. The molecular weight excluding hydrogens is 202 g/mol. The third kappa shape index (κ3) is 5.47. The van der Waals surface area contributed by atoms with Gasteiger partial charge in [-0.3, -0.25) is 9.69 Å². The molecule has 0 bridgehead atoms. The normalized spacial score (nSPS) is 13.9. The highest BCUT2D eigenvalue weighted by Crippen LogP contribution is 2.08. The number of carbonyl (C=O) groups excluding carboxylic acids is 1. The Morgan fingerprint density at radius 2 is 2.06 bits per heavy atom. The van der Waals surface area contributed by atoms with Gasteiger partial charge in [0.2, 0.25) is 5.91 Å². The monoisotopic (exact) mass is 229 g/mol. The molecule has 1 amide bonds. The number of nitrogens with zero attached hydrogens (tertiary/aromatic N) is 1. The molecule has 0 aliphatic carbocycles. The van der Waals surface area contributed by atoms with Crippen molar-refractivity contribution in [1.29, 1.82) is 0 Å². The van der Waals surface area contributed by atoms with Gasteiger partial charge >= 0.3 is 0 Å². The second kappa shape index (κ2) is 6.86. The van der Waals surface area contributed by atoms with Crippen molar-refractivity contribution in [3.63, 3.8) is 0 Å². The Bertz CT molecular complexity index is 216. The summed E-state index contributed by atoms with van der Waals surface area (Å²) in [6, 6.07) is -0.0997. The quantitative estimate of drug-likeness (QED) is 0.683. The lowest BCUT2D eigenvalue weighted by atomic mass is 10.0. The smallest absolute Gasteiger partial charge is 0.237 e. The number of carbonyl (C=O) groups is 1. The minimum Gasteiger partial charge on any atom is -0.350 e. The van der Waals surface area contributed by atoms with Crippen molar-refractivity contribution < 1.29 is 4.79 Å². The highest BCUT2D eigenvalue weighted by atomic mass is 16.2. The van der Waals surface area contributed by atoms with E-state index in [4.69, 9.17) is 5.73 Å². The molecule has 1 unspecified atom stereocenters. The predicted octanol–water partition coefficient (Wildman–Crippen LogP) is 0.960. The minimum absolute atomic E-state index is 0.0892. The molecule has 1 atom stereocenters. The van der Waals surface area contributed by atoms with E-state index in [2.05, 4.69) is 12.2 Å². The average molecular weight is 229 g/mol.